The molecule has 9 heavy (non-hydrogen) atoms. The summed E-state index contributed by atoms with van der Waals surface area (Å²) < 4.78 is 4.63. The zero-order chi connectivity index (χ0) is 5.54. The molecule has 0 aliphatic carbocycles. The second-order valence-corrected chi connectivity index (χ2v) is 1.06. The summed E-state index contributed by atoms with van der Waals surface area (Å²) in [6.07, 6.45) is 0. The maximum atomic E-state index is 8.09. The summed E-state index contributed by atoms with van der Waals surface area (Å²) >= 11 is 0. The van der Waals surface area contributed by atoms with E-state index in [0.717, 1.165) is 0 Å². The van der Waals surface area contributed by atoms with Crippen molar-refractivity contribution in [2.24, 2.45) is 0 Å². The Bertz CT molecular complexity index is 35.0. The Morgan fingerprint density at radius 3 is 1.56 bits per heavy atom. The minimum Gasteiger partial charge on any atom is -0.394 e. The summed E-state index contributed by atoms with van der Waals surface area (Å²) in [7, 11) is 0. The molecule has 0 saturated carbocycles. The highest BCUT2D eigenvalue weighted by molar-refractivity contribution is 7.59. The number of ether oxygens (including phenoxy) is 1. The Kier molecular flexibility index (Phi) is 28.1. The van der Waals surface area contributed by atoms with E-state index in [1.54, 1.807) is 0 Å². The molecule has 5 heteroatoms. The van der Waals surface area contributed by atoms with E-state index in [1.807, 2.05) is 0 Å². The third kappa shape index (κ3) is 17.9. The van der Waals surface area contributed by atoms with Gasteiger partial charge in [-0.15, -0.1) is 0 Å². The molecule has 0 aromatic heterocycles. The average Bonchev–Trinajstić information content (AvgIpc) is 1.69. The predicted octanol–water partition coefficient (Wildman–Crippen LogP) is -0.738. The van der Waals surface area contributed by atoms with E-state index in [2.05, 4.69) is 4.74 Å². The van der Waals surface area contributed by atoms with Crippen LogP contribution in [0.2, 0.25) is 0 Å². The highest BCUT2D eigenvalue weighted by atomic mass is 32.1. The molecule has 0 rings (SSSR count). The standard InChI is InChI=1S/C4H10O3.H3N.H2S/c5-1-3-7-4-2-6;;/h5-6H,1-4H2;1H3;1H2. The van der Waals surface area contributed by atoms with Gasteiger partial charge in [-0.1, -0.05) is 0 Å². The lowest BCUT2D eigenvalue weighted by Gasteiger charge is -1.94. The number of hydrogen-bond acceptors (Lipinski definition) is 4. The van der Waals surface area contributed by atoms with Crippen molar-refractivity contribution in [2.45, 2.75) is 0 Å². The van der Waals surface area contributed by atoms with Gasteiger partial charge < -0.3 is 21.1 Å². The first-order valence-corrected chi connectivity index (χ1v) is 2.21. The van der Waals surface area contributed by atoms with E-state index in [1.165, 1.54) is 0 Å². The summed E-state index contributed by atoms with van der Waals surface area (Å²) in [6, 6.07) is 0. The number of rotatable bonds is 4. The maximum absolute atomic E-state index is 8.09. The van der Waals surface area contributed by atoms with E-state index in [4.69, 9.17) is 10.2 Å². The summed E-state index contributed by atoms with van der Waals surface area (Å²) in [6.45, 7) is 0.696. The van der Waals surface area contributed by atoms with Crippen LogP contribution >= 0.6 is 13.5 Å². The minimum absolute atomic E-state index is 0. The first kappa shape index (κ1) is 16.1. The van der Waals surface area contributed by atoms with Crippen molar-refractivity contribution in [3.8, 4) is 0 Å². The van der Waals surface area contributed by atoms with Crippen molar-refractivity contribution in [1.29, 1.82) is 0 Å². The van der Waals surface area contributed by atoms with Crippen molar-refractivity contribution >= 4 is 13.5 Å². The first-order valence-electron chi connectivity index (χ1n) is 2.21. The Labute approximate surface area is 61.9 Å². The van der Waals surface area contributed by atoms with Crippen LogP contribution in [-0.2, 0) is 4.74 Å². The SMILES string of the molecule is N.OCCOCCO.S. The molecule has 4 nitrogen and oxygen atoms in total. The quantitative estimate of drug-likeness (QED) is 0.469. The van der Waals surface area contributed by atoms with Crippen LogP contribution < -0.4 is 6.15 Å². The second-order valence-electron chi connectivity index (χ2n) is 1.06. The summed E-state index contributed by atoms with van der Waals surface area (Å²) in [4.78, 5) is 0. The van der Waals surface area contributed by atoms with E-state index in [9.17, 15) is 0 Å². The van der Waals surface area contributed by atoms with Gasteiger partial charge in [0.1, 0.15) is 0 Å². The number of aliphatic hydroxyl groups excluding tert-OH is 2. The molecule has 0 unspecified atom stereocenters. The minimum atomic E-state index is 0. The third-order valence-electron chi connectivity index (χ3n) is 0.471. The summed E-state index contributed by atoms with van der Waals surface area (Å²) in [5, 5.41) is 16.2. The Hall–Kier alpha value is 0.190. The van der Waals surface area contributed by atoms with Gasteiger partial charge in [-0.05, 0) is 0 Å². The van der Waals surface area contributed by atoms with Crippen LogP contribution in [0.15, 0.2) is 0 Å². The molecule has 0 aliphatic rings. The van der Waals surface area contributed by atoms with Gasteiger partial charge in [0, 0.05) is 0 Å². The second kappa shape index (κ2) is 15.7. The monoisotopic (exact) mass is 157 g/mol. The molecule has 0 saturated heterocycles. The summed E-state index contributed by atoms with van der Waals surface area (Å²) in [5.74, 6) is 0. The Balaban J connectivity index is -0.000000180. The van der Waals surface area contributed by atoms with Crippen LogP contribution in [0.25, 0.3) is 0 Å². The van der Waals surface area contributed by atoms with Gasteiger partial charge in [0.15, 0.2) is 0 Å². The van der Waals surface area contributed by atoms with E-state index in [0.29, 0.717) is 13.2 Å². The molecular formula is C4H15NO3S. The van der Waals surface area contributed by atoms with Crippen LogP contribution in [-0.4, -0.2) is 36.6 Å². The molecule has 60 valence electrons. The Morgan fingerprint density at radius 1 is 1.00 bits per heavy atom. The number of aliphatic hydroxyl groups is 2. The molecule has 0 atom stereocenters. The zero-order valence-corrected chi connectivity index (χ0v) is 6.34. The van der Waals surface area contributed by atoms with E-state index < -0.39 is 0 Å². The predicted molar refractivity (Wildman–Crippen MR) is 40.4 cm³/mol. The molecule has 0 heterocycles. The van der Waals surface area contributed by atoms with Crippen LogP contribution in [0.1, 0.15) is 0 Å². The van der Waals surface area contributed by atoms with Crippen molar-refractivity contribution in [3.05, 3.63) is 0 Å². The molecule has 5 N–H and O–H groups in total. The third-order valence-corrected chi connectivity index (χ3v) is 0.471. The lowest BCUT2D eigenvalue weighted by Crippen LogP contribution is -2.03. The maximum Gasteiger partial charge on any atom is 0.0698 e. The van der Waals surface area contributed by atoms with Gasteiger partial charge >= 0.3 is 0 Å². The van der Waals surface area contributed by atoms with Crippen LogP contribution in [0.4, 0.5) is 0 Å². The fraction of sp³-hybridized carbons (Fsp3) is 1.00. The van der Waals surface area contributed by atoms with Crippen LogP contribution in [0, 0.1) is 0 Å². The summed E-state index contributed by atoms with van der Waals surface area (Å²) in [5.41, 5.74) is 0. The first-order chi connectivity index (χ1) is 3.41. The lowest BCUT2D eigenvalue weighted by atomic mass is 10.7. The molecule has 0 amide bonds. The Morgan fingerprint density at radius 2 is 1.33 bits per heavy atom. The molecule has 0 radical (unpaired) electrons. The lowest BCUT2D eigenvalue weighted by molar-refractivity contribution is 0.0650. The van der Waals surface area contributed by atoms with Gasteiger partial charge in [0.2, 0.25) is 0 Å². The van der Waals surface area contributed by atoms with Crippen molar-refractivity contribution < 1.29 is 14.9 Å². The van der Waals surface area contributed by atoms with Gasteiger partial charge in [-0.2, -0.15) is 13.5 Å². The van der Waals surface area contributed by atoms with Gasteiger partial charge in [-0.3, -0.25) is 0 Å². The molecule has 0 aromatic rings. The van der Waals surface area contributed by atoms with Gasteiger partial charge in [-0.25, -0.2) is 0 Å². The molecular weight excluding hydrogens is 142 g/mol. The van der Waals surface area contributed by atoms with Crippen molar-refractivity contribution in [1.82, 2.24) is 6.15 Å². The van der Waals surface area contributed by atoms with Crippen LogP contribution in [0.3, 0.4) is 0 Å². The highest BCUT2D eigenvalue weighted by Gasteiger charge is 1.79. The van der Waals surface area contributed by atoms with E-state index >= 15 is 0 Å². The smallest absolute Gasteiger partial charge is 0.0698 e. The average molecular weight is 157 g/mol. The van der Waals surface area contributed by atoms with E-state index in [-0.39, 0.29) is 32.9 Å². The zero-order valence-electron chi connectivity index (χ0n) is 5.34. The molecule has 0 aliphatic heterocycles. The van der Waals surface area contributed by atoms with Crippen LogP contribution in [0.5, 0.6) is 0 Å². The normalized spacial score (nSPS) is 7.33. The highest BCUT2D eigenvalue weighted by Crippen LogP contribution is 1.68. The molecule has 0 aromatic carbocycles. The molecule has 0 fully saturated rings. The van der Waals surface area contributed by atoms with Crippen molar-refractivity contribution in [2.75, 3.05) is 26.4 Å². The van der Waals surface area contributed by atoms with Gasteiger partial charge in [0.05, 0.1) is 26.4 Å². The fourth-order valence-corrected chi connectivity index (χ4v) is 0.231. The number of hydrogen-bond donors (Lipinski definition) is 3. The molecule has 0 spiro atoms. The largest absolute Gasteiger partial charge is 0.394 e. The topological polar surface area (TPSA) is 84.7 Å². The van der Waals surface area contributed by atoms with Crippen molar-refractivity contribution in [3.63, 3.8) is 0 Å². The molecule has 0 bridgehead atoms. The fourth-order valence-electron chi connectivity index (χ4n) is 0.231. The van der Waals surface area contributed by atoms with Gasteiger partial charge in [0.25, 0.3) is 0 Å².